The average Bonchev–Trinajstić information content (AvgIpc) is 2.37. The van der Waals surface area contributed by atoms with Crippen LogP contribution in [0.4, 0.5) is 0 Å². The molecule has 0 aromatic carbocycles. The Hall–Kier alpha value is -1.58. The van der Waals surface area contributed by atoms with Crippen LogP contribution in [0.25, 0.3) is 0 Å². The van der Waals surface area contributed by atoms with E-state index in [1.165, 1.54) is 0 Å². The fourth-order valence-electron chi connectivity index (χ4n) is 1.86. The monoisotopic (exact) mass is 264 g/mol. The first-order chi connectivity index (χ1) is 8.90. The summed E-state index contributed by atoms with van der Waals surface area (Å²) in [6.07, 6.45) is 1.57. The van der Waals surface area contributed by atoms with Gasteiger partial charge in [0.1, 0.15) is 5.56 Å². The summed E-state index contributed by atoms with van der Waals surface area (Å²) in [5.74, 6) is 0.0448. The van der Waals surface area contributed by atoms with Crippen molar-refractivity contribution in [3.05, 3.63) is 33.2 Å². The van der Waals surface area contributed by atoms with Crippen molar-refractivity contribution in [1.29, 1.82) is 0 Å². The SMILES string of the molecule is CCc1cc(C(=O)N[C@H](C)C(C)C)c(=O)[nH]c1CC. The smallest absolute Gasteiger partial charge is 0.261 e. The van der Waals surface area contributed by atoms with Gasteiger partial charge in [0.2, 0.25) is 0 Å². The molecule has 0 bridgehead atoms. The van der Waals surface area contributed by atoms with Gasteiger partial charge in [-0.15, -0.1) is 0 Å². The van der Waals surface area contributed by atoms with Crippen LogP contribution in [-0.2, 0) is 12.8 Å². The number of H-pyrrole nitrogens is 1. The molecule has 19 heavy (non-hydrogen) atoms. The maximum absolute atomic E-state index is 12.1. The van der Waals surface area contributed by atoms with E-state index < -0.39 is 0 Å². The Morgan fingerprint density at radius 2 is 1.89 bits per heavy atom. The summed E-state index contributed by atoms with van der Waals surface area (Å²) in [6, 6.07) is 1.77. The Labute approximate surface area is 114 Å². The predicted octanol–water partition coefficient (Wildman–Crippen LogP) is 2.27. The minimum Gasteiger partial charge on any atom is -0.349 e. The van der Waals surface area contributed by atoms with Crippen LogP contribution in [0.5, 0.6) is 0 Å². The minimum absolute atomic E-state index is 0.0443. The Morgan fingerprint density at radius 1 is 1.26 bits per heavy atom. The molecule has 1 heterocycles. The number of hydrogen-bond acceptors (Lipinski definition) is 2. The molecule has 0 aliphatic carbocycles. The van der Waals surface area contributed by atoms with Gasteiger partial charge in [-0.05, 0) is 37.3 Å². The van der Waals surface area contributed by atoms with E-state index in [-0.39, 0.29) is 23.1 Å². The molecule has 0 unspecified atom stereocenters. The van der Waals surface area contributed by atoms with Crippen molar-refractivity contribution >= 4 is 5.91 Å². The van der Waals surface area contributed by atoms with Crippen LogP contribution in [0.15, 0.2) is 10.9 Å². The van der Waals surface area contributed by atoms with Gasteiger partial charge in [0.25, 0.3) is 11.5 Å². The molecule has 0 saturated carbocycles. The van der Waals surface area contributed by atoms with E-state index >= 15 is 0 Å². The summed E-state index contributed by atoms with van der Waals surface area (Å²) in [4.78, 5) is 26.9. The molecule has 4 nitrogen and oxygen atoms in total. The van der Waals surface area contributed by atoms with Gasteiger partial charge < -0.3 is 10.3 Å². The second kappa shape index (κ2) is 6.55. The number of carbonyl (C=O) groups is 1. The van der Waals surface area contributed by atoms with Gasteiger partial charge in [0, 0.05) is 11.7 Å². The van der Waals surface area contributed by atoms with Crippen LogP contribution in [0.1, 0.15) is 56.2 Å². The number of carbonyl (C=O) groups excluding carboxylic acids is 1. The lowest BCUT2D eigenvalue weighted by atomic mass is 10.0. The van der Waals surface area contributed by atoms with E-state index in [0.717, 1.165) is 24.1 Å². The van der Waals surface area contributed by atoms with Crippen LogP contribution >= 0.6 is 0 Å². The number of pyridine rings is 1. The van der Waals surface area contributed by atoms with E-state index in [0.29, 0.717) is 5.92 Å². The quantitative estimate of drug-likeness (QED) is 0.857. The van der Waals surface area contributed by atoms with Gasteiger partial charge in [-0.1, -0.05) is 27.7 Å². The Kier molecular flexibility index (Phi) is 5.33. The van der Waals surface area contributed by atoms with Crippen molar-refractivity contribution in [1.82, 2.24) is 10.3 Å². The summed E-state index contributed by atoms with van der Waals surface area (Å²) in [5, 5.41) is 2.87. The third-order valence-electron chi connectivity index (χ3n) is 3.55. The van der Waals surface area contributed by atoms with Crippen molar-refractivity contribution in [2.45, 2.75) is 53.5 Å². The summed E-state index contributed by atoms with van der Waals surface area (Å²) in [6.45, 7) is 10.0. The van der Waals surface area contributed by atoms with Crippen molar-refractivity contribution < 1.29 is 4.79 Å². The number of hydrogen-bond donors (Lipinski definition) is 2. The summed E-state index contributed by atoms with van der Waals surface area (Å²) >= 11 is 0. The molecule has 0 aliphatic rings. The Morgan fingerprint density at radius 3 is 2.37 bits per heavy atom. The van der Waals surface area contributed by atoms with Gasteiger partial charge in [-0.3, -0.25) is 9.59 Å². The molecule has 1 aromatic rings. The van der Waals surface area contributed by atoms with Gasteiger partial charge in [0.15, 0.2) is 0 Å². The molecule has 0 radical (unpaired) electrons. The largest absolute Gasteiger partial charge is 0.349 e. The zero-order valence-electron chi connectivity index (χ0n) is 12.5. The molecule has 106 valence electrons. The predicted molar refractivity (Wildman–Crippen MR) is 77.6 cm³/mol. The molecule has 1 rings (SSSR count). The standard InChI is InChI=1S/C15H24N2O2/c1-6-11-8-12(15(19)17-13(11)7-2)14(18)16-10(5)9(3)4/h8-10H,6-7H2,1-5H3,(H,16,18)(H,17,19)/t10-/m1/s1. The molecule has 1 amide bonds. The molecule has 0 fully saturated rings. The highest BCUT2D eigenvalue weighted by molar-refractivity contribution is 5.94. The number of aromatic nitrogens is 1. The lowest BCUT2D eigenvalue weighted by Gasteiger charge is -2.17. The molecule has 0 saturated heterocycles. The number of amides is 1. The van der Waals surface area contributed by atoms with Crippen LogP contribution in [0.3, 0.4) is 0 Å². The van der Waals surface area contributed by atoms with E-state index in [9.17, 15) is 9.59 Å². The molecular weight excluding hydrogens is 240 g/mol. The van der Waals surface area contributed by atoms with Gasteiger partial charge in [-0.2, -0.15) is 0 Å². The van der Waals surface area contributed by atoms with E-state index in [2.05, 4.69) is 10.3 Å². The normalized spacial score (nSPS) is 12.5. The highest BCUT2D eigenvalue weighted by Crippen LogP contribution is 2.08. The number of rotatable bonds is 5. The van der Waals surface area contributed by atoms with Gasteiger partial charge >= 0.3 is 0 Å². The molecule has 2 N–H and O–H groups in total. The second-order valence-electron chi connectivity index (χ2n) is 5.23. The lowest BCUT2D eigenvalue weighted by molar-refractivity contribution is 0.0929. The van der Waals surface area contributed by atoms with E-state index in [1.807, 2.05) is 34.6 Å². The molecule has 1 atom stereocenters. The second-order valence-corrected chi connectivity index (χ2v) is 5.23. The first-order valence-corrected chi connectivity index (χ1v) is 6.96. The Bertz CT molecular complexity index is 503. The van der Waals surface area contributed by atoms with Crippen molar-refractivity contribution in [2.75, 3.05) is 0 Å². The van der Waals surface area contributed by atoms with Gasteiger partial charge in [-0.25, -0.2) is 0 Å². The molecule has 0 spiro atoms. The number of aromatic amines is 1. The summed E-state index contributed by atoms with van der Waals surface area (Å²) < 4.78 is 0. The number of aryl methyl sites for hydroxylation is 2. The molecule has 4 heteroatoms. The first-order valence-electron chi connectivity index (χ1n) is 6.96. The first kappa shape index (κ1) is 15.5. The average molecular weight is 264 g/mol. The molecule has 0 aliphatic heterocycles. The summed E-state index contributed by atoms with van der Waals surface area (Å²) in [5.41, 5.74) is 1.86. The minimum atomic E-state index is -0.303. The molecule has 1 aromatic heterocycles. The van der Waals surface area contributed by atoms with E-state index in [1.54, 1.807) is 6.07 Å². The maximum atomic E-state index is 12.1. The van der Waals surface area contributed by atoms with Crippen molar-refractivity contribution in [3.8, 4) is 0 Å². The van der Waals surface area contributed by atoms with Crippen molar-refractivity contribution in [3.63, 3.8) is 0 Å². The maximum Gasteiger partial charge on any atom is 0.261 e. The van der Waals surface area contributed by atoms with Crippen LogP contribution in [0.2, 0.25) is 0 Å². The fraction of sp³-hybridized carbons (Fsp3) is 0.600. The lowest BCUT2D eigenvalue weighted by Crippen LogP contribution is -2.39. The third-order valence-corrected chi connectivity index (χ3v) is 3.55. The third kappa shape index (κ3) is 3.69. The van der Waals surface area contributed by atoms with Gasteiger partial charge in [0.05, 0.1) is 0 Å². The Balaban J connectivity index is 3.07. The molecular formula is C15H24N2O2. The van der Waals surface area contributed by atoms with Crippen LogP contribution in [0, 0.1) is 5.92 Å². The number of nitrogens with one attached hydrogen (secondary N) is 2. The highest BCUT2D eigenvalue weighted by atomic mass is 16.2. The highest BCUT2D eigenvalue weighted by Gasteiger charge is 2.17. The van der Waals surface area contributed by atoms with Crippen LogP contribution < -0.4 is 10.9 Å². The van der Waals surface area contributed by atoms with Crippen molar-refractivity contribution in [2.24, 2.45) is 5.92 Å². The zero-order chi connectivity index (χ0) is 14.6. The fourth-order valence-corrected chi connectivity index (χ4v) is 1.86. The topological polar surface area (TPSA) is 62.0 Å². The zero-order valence-corrected chi connectivity index (χ0v) is 12.5. The van der Waals surface area contributed by atoms with E-state index in [4.69, 9.17) is 0 Å². The van der Waals surface area contributed by atoms with Crippen LogP contribution in [-0.4, -0.2) is 16.9 Å². The summed E-state index contributed by atoms with van der Waals surface area (Å²) in [7, 11) is 0.